The van der Waals surface area contributed by atoms with Gasteiger partial charge >= 0.3 is 0 Å². The first-order valence-electron chi connectivity index (χ1n) is 5.38. The van der Waals surface area contributed by atoms with E-state index in [9.17, 15) is 5.11 Å². The maximum Gasteiger partial charge on any atom is 0.0500 e. The SMILES string of the molecule is Cc1ccc(C)c(CC(C)(CN)CO)c1. The maximum absolute atomic E-state index is 9.33. The van der Waals surface area contributed by atoms with Crippen molar-refractivity contribution in [1.29, 1.82) is 0 Å². The molecule has 1 atom stereocenters. The molecular weight excluding hydrogens is 186 g/mol. The predicted molar refractivity (Wildman–Crippen MR) is 63.9 cm³/mol. The summed E-state index contributed by atoms with van der Waals surface area (Å²) in [6.07, 6.45) is 0.841. The van der Waals surface area contributed by atoms with Gasteiger partial charge in [0.05, 0.1) is 0 Å². The van der Waals surface area contributed by atoms with E-state index in [4.69, 9.17) is 5.73 Å². The van der Waals surface area contributed by atoms with Crippen LogP contribution in [0.15, 0.2) is 18.2 Å². The largest absolute Gasteiger partial charge is 0.396 e. The summed E-state index contributed by atoms with van der Waals surface area (Å²) in [7, 11) is 0. The van der Waals surface area contributed by atoms with Crippen LogP contribution in [0.1, 0.15) is 23.6 Å². The van der Waals surface area contributed by atoms with Gasteiger partial charge in [-0.25, -0.2) is 0 Å². The Labute approximate surface area is 92.1 Å². The first-order chi connectivity index (χ1) is 7.00. The van der Waals surface area contributed by atoms with E-state index >= 15 is 0 Å². The minimum absolute atomic E-state index is 0.136. The molecule has 0 radical (unpaired) electrons. The third kappa shape index (κ3) is 3.05. The molecule has 1 aromatic carbocycles. The zero-order valence-corrected chi connectivity index (χ0v) is 9.88. The van der Waals surface area contributed by atoms with Crippen LogP contribution in [0, 0.1) is 19.3 Å². The lowest BCUT2D eigenvalue weighted by Crippen LogP contribution is -2.33. The Morgan fingerprint density at radius 1 is 1.33 bits per heavy atom. The molecule has 2 nitrogen and oxygen atoms in total. The Bertz CT molecular complexity index is 329. The lowest BCUT2D eigenvalue weighted by atomic mass is 9.83. The fraction of sp³-hybridized carbons (Fsp3) is 0.538. The molecule has 1 unspecified atom stereocenters. The fourth-order valence-corrected chi connectivity index (χ4v) is 1.64. The van der Waals surface area contributed by atoms with Crippen LogP contribution in [-0.2, 0) is 6.42 Å². The average molecular weight is 207 g/mol. The number of benzene rings is 1. The molecule has 15 heavy (non-hydrogen) atoms. The highest BCUT2D eigenvalue weighted by atomic mass is 16.3. The smallest absolute Gasteiger partial charge is 0.0500 e. The van der Waals surface area contributed by atoms with Crippen LogP contribution >= 0.6 is 0 Å². The van der Waals surface area contributed by atoms with E-state index in [0.717, 1.165) is 6.42 Å². The monoisotopic (exact) mass is 207 g/mol. The fourth-order valence-electron chi connectivity index (χ4n) is 1.64. The number of nitrogens with two attached hydrogens (primary N) is 1. The van der Waals surface area contributed by atoms with Gasteiger partial charge in [0.15, 0.2) is 0 Å². The molecule has 0 amide bonds. The molecule has 0 aliphatic rings. The average Bonchev–Trinajstić information content (AvgIpc) is 2.23. The molecule has 0 aliphatic heterocycles. The number of rotatable bonds is 4. The highest BCUT2D eigenvalue weighted by molar-refractivity contribution is 5.31. The molecule has 1 aromatic rings. The Morgan fingerprint density at radius 2 is 2.00 bits per heavy atom. The Balaban J connectivity index is 2.92. The molecule has 0 aromatic heterocycles. The van der Waals surface area contributed by atoms with Gasteiger partial charge in [0, 0.05) is 18.6 Å². The highest BCUT2D eigenvalue weighted by Crippen LogP contribution is 2.23. The van der Waals surface area contributed by atoms with E-state index in [-0.39, 0.29) is 12.0 Å². The van der Waals surface area contributed by atoms with Gasteiger partial charge in [0.2, 0.25) is 0 Å². The van der Waals surface area contributed by atoms with Crippen molar-refractivity contribution >= 4 is 0 Å². The molecule has 0 aliphatic carbocycles. The van der Waals surface area contributed by atoms with Gasteiger partial charge in [-0.05, 0) is 31.4 Å². The first-order valence-corrected chi connectivity index (χ1v) is 5.38. The molecule has 0 saturated heterocycles. The van der Waals surface area contributed by atoms with Gasteiger partial charge in [-0.2, -0.15) is 0 Å². The summed E-state index contributed by atoms with van der Waals surface area (Å²) in [6.45, 7) is 6.85. The second kappa shape index (κ2) is 4.77. The molecular formula is C13H21NO. The lowest BCUT2D eigenvalue weighted by molar-refractivity contribution is 0.149. The molecule has 0 heterocycles. The van der Waals surface area contributed by atoms with Crippen LogP contribution in [0.4, 0.5) is 0 Å². The van der Waals surface area contributed by atoms with Crippen LogP contribution in [0.25, 0.3) is 0 Å². The highest BCUT2D eigenvalue weighted by Gasteiger charge is 2.22. The normalized spacial score (nSPS) is 15.0. The second-order valence-electron chi connectivity index (χ2n) is 4.78. The van der Waals surface area contributed by atoms with Crippen LogP contribution in [0.3, 0.4) is 0 Å². The van der Waals surface area contributed by atoms with Crippen molar-refractivity contribution in [3.63, 3.8) is 0 Å². The van der Waals surface area contributed by atoms with E-state index in [1.54, 1.807) is 0 Å². The van der Waals surface area contributed by atoms with Gasteiger partial charge in [0.1, 0.15) is 0 Å². The Hall–Kier alpha value is -0.860. The summed E-state index contributed by atoms with van der Waals surface area (Å²) in [4.78, 5) is 0. The van der Waals surface area contributed by atoms with E-state index < -0.39 is 0 Å². The van der Waals surface area contributed by atoms with Crippen molar-refractivity contribution in [1.82, 2.24) is 0 Å². The number of hydrogen-bond donors (Lipinski definition) is 2. The molecule has 0 saturated carbocycles. The van der Waals surface area contributed by atoms with Crippen molar-refractivity contribution in [2.75, 3.05) is 13.2 Å². The van der Waals surface area contributed by atoms with Gasteiger partial charge in [-0.15, -0.1) is 0 Å². The van der Waals surface area contributed by atoms with Crippen LogP contribution in [0.5, 0.6) is 0 Å². The van der Waals surface area contributed by atoms with Crippen molar-refractivity contribution in [3.05, 3.63) is 34.9 Å². The molecule has 0 fully saturated rings. The topological polar surface area (TPSA) is 46.2 Å². The van der Waals surface area contributed by atoms with Crippen molar-refractivity contribution < 1.29 is 5.11 Å². The van der Waals surface area contributed by atoms with E-state index in [1.165, 1.54) is 16.7 Å². The number of aliphatic hydroxyl groups is 1. The van der Waals surface area contributed by atoms with Crippen LogP contribution in [-0.4, -0.2) is 18.3 Å². The first kappa shape index (κ1) is 12.2. The van der Waals surface area contributed by atoms with Crippen molar-refractivity contribution in [2.45, 2.75) is 27.2 Å². The van der Waals surface area contributed by atoms with Gasteiger partial charge in [0.25, 0.3) is 0 Å². The molecule has 2 heteroatoms. The number of aryl methyl sites for hydroxylation is 2. The second-order valence-corrected chi connectivity index (χ2v) is 4.78. The summed E-state index contributed by atoms with van der Waals surface area (Å²) in [6, 6.07) is 6.41. The zero-order valence-electron chi connectivity index (χ0n) is 9.88. The Morgan fingerprint density at radius 3 is 2.53 bits per heavy atom. The molecule has 0 spiro atoms. The van der Waals surface area contributed by atoms with Crippen molar-refractivity contribution in [3.8, 4) is 0 Å². The molecule has 3 N–H and O–H groups in total. The van der Waals surface area contributed by atoms with Gasteiger partial charge < -0.3 is 10.8 Å². The summed E-state index contributed by atoms with van der Waals surface area (Å²) in [5.74, 6) is 0. The Kier molecular flexibility index (Phi) is 3.89. The molecule has 0 bridgehead atoms. The molecule has 1 rings (SSSR count). The van der Waals surface area contributed by atoms with Crippen LogP contribution in [0.2, 0.25) is 0 Å². The third-order valence-corrected chi connectivity index (χ3v) is 3.00. The summed E-state index contributed by atoms with van der Waals surface area (Å²) >= 11 is 0. The van der Waals surface area contributed by atoms with E-state index in [2.05, 4.69) is 32.0 Å². The minimum Gasteiger partial charge on any atom is -0.396 e. The predicted octanol–water partition coefficient (Wildman–Crippen LogP) is 1.80. The maximum atomic E-state index is 9.33. The van der Waals surface area contributed by atoms with Crippen LogP contribution < -0.4 is 5.73 Å². The minimum atomic E-state index is -0.196. The lowest BCUT2D eigenvalue weighted by Gasteiger charge is -2.26. The zero-order chi connectivity index (χ0) is 11.5. The van der Waals surface area contributed by atoms with E-state index in [1.807, 2.05) is 6.92 Å². The molecule has 84 valence electrons. The quantitative estimate of drug-likeness (QED) is 0.791. The van der Waals surface area contributed by atoms with E-state index in [0.29, 0.717) is 6.54 Å². The standard InChI is InChI=1S/C13H21NO/c1-10-4-5-11(2)12(6-10)7-13(3,8-14)9-15/h4-6,15H,7-9,14H2,1-3H3. The summed E-state index contributed by atoms with van der Waals surface area (Å²) in [5, 5.41) is 9.33. The van der Waals surface area contributed by atoms with Crippen molar-refractivity contribution in [2.24, 2.45) is 11.1 Å². The number of hydrogen-bond acceptors (Lipinski definition) is 2. The summed E-state index contributed by atoms with van der Waals surface area (Å²) in [5.41, 5.74) is 9.32. The van der Waals surface area contributed by atoms with Gasteiger partial charge in [-0.1, -0.05) is 30.7 Å². The number of aliphatic hydroxyl groups excluding tert-OH is 1. The summed E-state index contributed by atoms with van der Waals surface area (Å²) < 4.78 is 0. The third-order valence-electron chi connectivity index (χ3n) is 3.00. The van der Waals surface area contributed by atoms with Gasteiger partial charge in [-0.3, -0.25) is 0 Å².